The summed E-state index contributed by atoms with van der Waals surface area (Å²) in [6, 6.07) is 14.9. The number of benzene rings is 2. The smallest absolute Gasteiger partial charge is 0.171 e. The van der Waals surface area contributed by atoms with Crippen molar-refractivity contribution in [2.24, 2.45) is 0 Å². The van der Waals surface area contributed by atoms with Crippen LogP contribution in [0.25, 0.3) is 0 Å². The Labute approximate surface area is 117 Å². The van der Waals surface area contributed by atoms with Crippen molar-refractivity contribution in [3.8, 4) is 0 Å². The van der Waals surface area contributed by atoms with E-state index in [-0.39, 0.29) is 5.82 Å². The van der Waals surface area contributed by atoms with Crippen LogP contribution < -0.4 is 10.6 Å². The van der Waals surface area contributed by atoms with Crippen molar-refractivity contribution in [1.82, 2.24) is 5.32 Å². The third-order valence-corrected chi connectivity index (χ3v) is 2.97. The highest BCUT2D eigenvalue weighted by molar-refractivity contribution is 7.80. The van der Waals surface area contributed by atoms with Crippen LogP contribution in [-0.2, 0) is 6.54 Å². The van der Waals surface area contributed by atoms with E-state index in [0.717, 1.165) is 5.56 Å². The fourth-order valence-electron chi connectivity index (χ4n) is 1.62. The average Bonchev–Trinajstić information content (AvgIpc) is 2.42. The standard InChI is InChI=1S/C15H15FN2S/c1-11-7-8-13(9-14(11)16)18-15(19)17-10-12-5-3-2-4-6-12/h2-9H,10H2,1H3,(H2,17,18,19). The summed E-state index contributed by atoms with van der Waals surface area (Å²) < 4.78 is 13.4. The zero-order valence-corrected chi connectivity index (χ0v) is 11.4. The molecular weight excluding hydrogens is 259 g/mol. The minimum Gasteiger partial charge on any atom is -0.358 e. The second kappa shape index (κ2) is 6.29. The maximum atomic E-state index is 13.4. The summed E-state index contributed by atoms with van der Waals surface area (Å²) in [7, 11) is 0. The predicted molar refractivity (Wildman–Crippen MR) is 80.6 cm³/mol. The lowest BCUT2D eigenvalue weighted by atomic mass is 10.2. The number of hydrogen-bond donors (Lipinski definition) is 2. The SMILES string of the molecule is Cc1ccc(NC(=S)NCc2ccccc2)cc1F. The topological polar surface area (TPSA) is 24.1 Å². The normalized spacial score (nSPS) is 10.0. The van der Waals surface area contributed by atoms with Gasteiger partial charge in [0.15, 0.2) is 5.11 Å². The van der Waals surface area contributed by atoms with Crippen LogP contribution in [0.1, 0.15) is 11.1 Å². The first-order valence-corrected chi connectivity index (χ1v) is 6.41. The highest BCUT2D eigenvalue weighted by atomic mass is 32.1. The van der Waals surface area contributed by atoms with E-state index in [2.05, 4.69) is 10.6 Å². The van der Waals surface area contributed by atoms with Crippen molar-refractivity contribution < 1.29 is 4.39 Å². The van der Waals surface area contributed by atoms with Crippen LogP contribution in [0.5, 0.6) is 0 Å². The molecule has 0 atom stereocenters. The number of aryl methyl sites for hydroxylation is 1. The molecule has 19 heavy (non-hydrogen) atoms. The molecule has 98 valence electrons. The van der Waals surface area contributed by atoms with Gasteiger partial charge in [-0.1, -0.05) is 36.4 Å². The molecule has 2 aromatic carbocycles. The molecule has 2 nitrogen and oxygen atoms in total. The van der Waals surface area contributed by atoms with Crippen molar-refractivity contribution in [2.75, 3.05) is 5.32 Å². The van der Waals surface area contributed by atoms with Crippen molar-refractivity contribution in [3.05, 3.63) is 65.5 Å². The van der Waals surface area contributed by atoms with Gasteiger partial charge in [0.2, 0.25) is 0 Å². The van der Waals surface area contributed by atoms with Gasteiger partial charge in [-0.25, -0.2) is 4.39 Å². The molecule has 0 heterocycles. The maximum absolute atomic E-state index is 13.4. The first-order chi connectivity index (χ1) is 9.15. The summed E-state index contributed by atoms with van der Waals surface area (Å²) in [5.74, 6) is -0.240. The van der Waals surface area contributed by atoms with Crippen molar-refractivity contribution in [1.29, 1.82) is 0 Å². The molecule has 0 aliphatic carbocycles. The Morgan fingerprint density at radius 2 is 1.89 bits per heavy atom. The third kappa shape index (κ3) is 4.03. The molecule has 0 unspecified atom stereocenters. The largest absolute Gasteiger partial charge is 0.358 e. The number of nitrogens with one attached hydrogen (secondary N) is 2. The summed E-state index contributed by atoms with van der Waals surface area (Å²) in [6.45, 7) is 2.37. The van der Waals surface area contributed by atoms with Crippen LogP contribution in [0.3, 0.4) is 0 Å². The van der Waals surface area contributed by atoms with Crippen LogP contribution in [0.15, 0.2) is 48.5 Å². The second-order valence-electron chi connectivity index (χ2n) is 4.26. The molecule has 0 aromatic heterocycles. The highest BCUT2D eigenvalue weighted by Crippen LogP contribution is 2.13. The Kier molecular flexibility index (Phi) is 4.47. The van der Waals surface area contributed by atoms with Gasteiger partial charge in [-0.2, -0.15) is 0 Å². The van der Waals surface area contributed by atoms with E-state index in [1.165, 1.54) is 6.07 Å². The van der Waals surface area contributed by atoms with Crippen LogP contribution in [-0.4, -0.2) is 5.11 Å². The molecule has 0 aliphatic heterocycles. The predicted octanol–water partition coefficient (Wildman–Crippen LogP) is 3.62. The van der Waals surface area contributed by atoms with Gasteiger partial charge in [0, 0.05) is 12.2 Å². The number of hydrogen-bond acceptors (Lipinski definition) is 1. The third-order valence-electron chi connectivity index (χ3n) is 2.73. The molecule has 2 aromatic rings. The Hall–Kier alpha value is -1.94. The summed E-state index contributed by atoms with van der Waals surface area (Å²) >= 11 is 5.17. The maximum Gasteiger partial charge on any atom is 0.171 e. The molecule has 4 heteroatoms. The number of anilines is 1. The van der Waals surface area contributed by atoms with E-state index in [0.29, 0.717) is 22.9 Å². The van der Waals surface area contributed by atoms with Gasteiger partial charge >= 0.3 is 0 Å². The number of thiocarbonyl (C=S) groups is 1. The lowest BCUT2D eigenvalue weighted by molar-refractivity contribution is 0.619. The fraction of sp³-hybridized carbons (Fsp3) is 0.133. The molecule has 0 spiro atoms. The molecule has 0 saturated carbocycles. The Bertz CT molecular complexity index is 570. The van der Waals surface area contributed by atoms with Gasteiger partial charge in [0.25, 0.3) is 0 Å². The van der Waals surface area contributed by atoms with Crippen molar-refractivity contribution in [2.45, 2.75) is 13.5 Å². The van der Waals surface area contributed by atoms with E-state index in [9.17, 15) is 4.39 Å². The average molecular weight is 274 g/mol. The molecule has 0 saturated heterocycles. The van der Waals surface area contributed by atoms with E-state index < -0.39 is 0 Å². The number of rotatable bonds is 3. The zero-order chi connectivity index (χ0) is 13.7. The van der Waals surface area contributed by atoms with Crippen molar-refractivity contribution >= 4 is 23.0 Å². The van der Waals surface area contributed by atoms with Gasteiger partial charge in [0.05, 0.1) is 0 Å². The summed E-state index contributed by atoms with van der Waals surface area (Å²) in [5.41, 5.74) is 2.41. The minimum atomic E-state index is -0.240. The van der Waals surface area contributed by atoms with Gasteiger partial charge in [-0.15, -0.1) is 0 Å². The fourth-order valence-corrected chi connectivity index (χ4v) is 1.81. The van der Waals surface area contributed by atoms with E-state index >= 15 is 0 Å². The molecule has 2 N–H and O–H groups in total. The minimum absolute atomic E-state index is 0.240. The highest BCUT2D eigenvalue weighted by Gasteiger charge is 2.01. The van der Waals surface area contributed by atoms with E-state index in [1.807, 2.05) is 30.3 Å². The quantitative estimate of drug-likeness (QED) is 0.836. The summed E-state index contributed by atoms with van der Waals surface area (Å²) in [5, 5.41) is 6.52. The molecule has 2 rings (SSSR count). The first-order valence-electron chi connectivity index (χ1n) is 6.00. The molecule has 0 bridgehead atoms. The van der Waals surface area contributed by atoms with Gasteiger partial charge < -0.3 is 10.6 Å². The molecule has 0 radical (unpaired) electrons. The zero-order valence-electron chi connectivity index (χ0n) is 10.6. The molecular formula is C15H15FN2S. The number of halogens is 1. The molecule has 0 amide bonds. The Balaban J connectivity index is 1.89. The second-order valence-corrected chi connectivity index (χ2v) is 4.67. The van der Waals surface area contributed by atoms with Crippen LogP contribution in [0, 0.1) is 12.7 Å². The first kappa shape index (κ1) is 13.5. The Morgan fingerprint density at radius 1 is 1.16 bits per heavy atom. The summed E-state index contributed by atoms with van der Waals surface area (Å²) in [6.07, 6.45) is 0. The summed E-state index contributed by atoms with van der Waals surface area (Å²) in [4.78, 5) is 0. The molecule has 0 fully saturated rings. The van der Waals surface area contributed by atoms with Gasteiger partial charge in [-0.05, 0) is 42.4 Å². The monoisotopic (exact) mass is 274 g/mol. The van der Waals surface area contributed by atoms with Crippen molar-refractivity contribution in [3.63, 3.8) is 0 Å². The van der Waals surface area contributed by atoms with E-state index in [1.54, 1.807) is 19.1 Å². The Morgan fingerprint density at radius 3 is 2.58 bits per heavy atom. The lowest BCUT2D eigenvalue weighted by Gasteiger charge is -2.11. The van der Waals surface area contributed by atoms with Crippen LogP contribution in [0.4, 0.5) is 10.1 Å². The van der Waals surface area contributed by atoms with Crippen LogP contribution in [0.2, 0.25) is 0 Å². The van der Waals surface area contributed by atoms with E-state index in [4.69, 9.17) is 12.2 Å². The van der Waals surface area contributed by atoms with Gasteiger partial charge in [0.1, 0.15) is 5.82 Å². The lowest BCUT2D eigenvalue weighted by Crippen LogP contribution is -2.27. The van der Waals surface area contributed by atoms with Crippen LogP contribution >= 0.6 is 12.2 Å². The van der Waals surface area contributed by atoms with Gasteiger partial charge in [-0.3, -0.25) is 0 Å². The molecule has 0 aliphatic rings.